The summed E-state index contributed by atoms with van der Waals surface area (Å²) in [5, 5.41) is 2.87. The number of benzene rings is 2. The molecule has 0 spiro atoms. The predicted molar refractivity (Wildman–Crippen MR) is 84.0 cm³/mol. The zero-order chi connectivity index (χ0) is 14.8. The summed E-state index contributed by atoms with van der Waals surface area (Å²) in [6.07, 6.45) is 0. The normalized spacial score (nSPS) is 10.7. The number of carbonyl (C=O) groups excluding carboxylic acids is 1. The number of aromatic nitrogens is 2. The van der Waals surface area contributed by atoms with Crippen LogP contribution in [0, 0.1) is 6.92 Å². The van der Waals surface area contributed by atoms with Gasteiger partial charge in [0, 0.05) is 11.4 Å². The Hall–Kier alpha value is -2.82. The number of nitrogens with two attached hydrogens (primary N) is 1. The van der Waals surface area contributed by atoms with Gasteiger partial charge in [-0.25, -0.2) is 4.98 Å². The van der Waals surface area contributed by atoms with Crippen LogP contribution in [0.4, 0.5) is 11.4 Å². The van der Waals surface area contributed by atoms with Gasteiger partial charge < -0.3 is 15.6 Å². The molecule has 1 aromatic heterocycles. The minimum absolute atomic E-state index is 0.0829. The number of para-hydroxylation sites is 1. The van der Waals surface area contributed by atoms with Crippen molar-refractivity contribution in [2.24, 2.45) is 0 Å². The minimum atomic E-state index is -0.0829. The van der Waals surface area contributed by atoms with E-state index in [0.29, 0.717) is 5.69 Å². The molecule has 106 valence electrons. The Bertz CT molecular complexity index is 793. The molecule has 3 rings (SSSR count). The molecule has 0 unspecified atom stereocenters. The largest absolute Gasteiger partial charge is 0.399 e. The fourth-order valence-corrected chi connectivity index (χ4v) is 2.33. The van der Waals surface area contributed by atoms with Crippen molar-refractivity contribution in [3.8, 4) is 0 Å². The highest BCUT2D eigenvalue weighted by atomic mass is 16.1. The van der Waals surface area contributed by atoms with Gasteiger partial charge in [0.25, 0.3) is 0 Å². The lowest BCUT2D eigenvalue weighted by atomic mass is 10.3. The van der Waals surface area contributed by atoms with Gasteiger partial charge in [-0.3, -0.25) is 4.79 Å². The molecule has 21 heavy (non-hydrogen) atoms. The molecule has 3 N–H and O–H groups in total. The lowest BCUT2D eigenvalue weighted by Gasteiger charge is -2.08. The monoisotopic (exact) mass is 280 g/mol. The number of rotatable bonds is 3. The molecule has 5 heteroatoms. The average molecular weight is 280 g/mol. The topological polar surface area (TPSA) is 72.9 Å². The van der Waals surface area contributed by atoms with E-state index in [2.05, 4.69) is 10.3 Å². The SMILES string of the molecule is Cc1nc2cc(N)ccc2n1CC(=O)Nc1ccccc1. The zero-order valence-corrected chi connectivity index (χ0v) is 11.7. The highest BCUT2D eigenvalue weighted by Crippen LogP contribution is 2.19. The molecule has 0 radical (unpaired) electrons. The molecule has 5 nitrogen and oxygen atoms in total. The van der Waals surface area contributed by atoms with Crippen LogP contribution in [0.25, 0.3) is 11.0 Å². The van der Waals surface area contributed by atoms with Crippen molar-refractivity contribution in [2.75, 3.05) is 11.1 Å². The summed E-state index contributed by atoms with van der Waals surface area (Å²) in [5.74, 6) is 0.708. The van der Waals surface area contributed by atoms with Crippen molar-refractivity contribution >= 4 is 28.3 Å². The van der Waals surface area contributed by atoms with Gasteiger partial charge in [0.2, 0.25) is 5.91 Å². The number of hydrogen-bond donors (Lipinski definition) is 2. The highest BCUT2D eigenvalue weighted by Gasteiger charge is 2.11. The van der Waals surface area contributed by atoms with Gasteiger partial charge >= 0.3 is 0 Å². The van der Waals surface area contributed by atoms with Crippen molar-refractivity contribution in [1.29, 1.82) is 0 Å². The molecule has 1 heterocycles. The molecular weight excluding hydrogens is 264 g/mol. The Morgan fingerprint density at radius 3 is 2.76 bits per heavy atom. The third-order valence-electron chi connectivity index (χ3n) is 3.32. The van der Waals surface area contributed by atoms with Gasteiger partial charge in [0.05, 0.1) is 11.0 Å². The summed E-state index contributed by atoms with van der Waals surface area (Å²) in [6, 6.07) is 14.9. The molecule has 0 aliphatic carbocycles. The number of nitrogen functional groups attached to an aromatic ring is 1. The molecule has 0 aliphatic rings. The van der Waals surface area contributed by atoms with Gasteiger partial charge in [-0.15, -0.1) is 0 Å². The number of hydrogen-bond acceptors (Lipinski definition) is 3. The summed E-state index contributed by atoms with van der Waals surface area (Å²) < 4.78 is 1.88. The van der Waals surface area contributed by atoms with E-state index < -0.39 is 0 Å². The van der Waals surface area contributed by atoms with E-state index in [0.717, 1.165) is 22.5 Å². The number of nitrogens with one attached hydrogen (secondary N) is 1. The summed E-state index contributed by atoms with van der Waals surface area (Å²) >= 11 is 0. The number of aryl methyl sites for hydroxylation is 1. The van der Waals surface area contributed by atoms with E-state index >= 15 is 0 Å². The van der Waals surface area contributed by atoms with E-state index in [1.165, 1.54) is 0 Å². The first-order valence-electron chi connectivity index (χ1n) is 6.71. The van der Waals surface area contributed by atoms with Gasteiger partial charge in [0.1, 0.15) is 12.4 Å². The maximum absolute atomic E-state index is 12.2. The molecule has 3 aromatic rings. The molecule has 0 aliphatic heterocycles. The van der Waals surface area contributed by atoms with Gasteiger partial charge in [-0.2, -0.15) is 0 Å². The van der Waals surface area contributed by atoms with Gasteiger partial charge in [0.15, 0.2) is 0 Å². The van der Waals surface area contributed by atoms with Crippen LogP contribution in [0.1, 0.15) is 5.82 Å². The number of anilines is 2. The van der Waals surface area contributed by atoms with Gasteiger partial charge in [-0.1, -0.05) is 18.2 Å². The van der Waals surface area contributed by atoms with Crippen LogP contribution in [0.2, 0.25) is 0 Å². The van der Waals surface area contributed by atoms with Crippen LogP contribution in [0.3, 0.4) is 0 Å². The molecule has 0 saturated heterocycles. The molecule has 0 atom stereocenters. The molecule has 1 amide bonds. The lowest BCUT2D eigenvalue weighted by molar-refractivity contribution is -0.116. The first-order chi connectivity index (χ1) is 10.1. The fraction of sp³-hybridized carbons (Fsp3) is 0.125. The number of nitrogens with zero attached hydrogens (tertiary/aromatic N) is 2. The van der Waals surface area contributed by atoms with E-state index in [-0.39, 0.29) is 12.5 Å². The Labute approximate surface area is 122 Å². The van der Waals surface area contributed by atoms with Crippen LogP contribution in [0.15, 0.2) is 48.5 Å². The Morgan fingerprint density at radius 1 is 1.24 bits per heavy atom. The van der Waals surface area contributed by atoms with Crippen LogP contribution >= 0.6 is 0 Å². The highest BCUT2D eigenvalue weighted by molar-refractivity contribution is 5.91. The summed E-state index contributed by atoms with van der Waals surface area (Å²) in [5.41, 5.74) is 8.92. The molecule has 0 bridgehead atoms. The molecular formula is C16H16N4O. The minimum Gasteiger partial charge on any atom is -0.399 e. The summed E-state index contributed by atoms with van der Waals surface area (Å²) in [7, 11) is 0. The van der Waals surface area contributed by atoms with Crippen molar-refractivity contribution < 1.29 is 4.79 Å². The first-order valence-corrected chi connectivity index (χ1v) is 6.71. The second kappa shape index (κ2) is 5.28. The molecule has 0 saturated carbocycles. The van der Waals surface area contributed by atoms with Crippen molar-refractivity contribution in [1.82, 2.24) is 9.55 Å². The average Bonchev–Trinajstić information content (AvgIpc) is 2.75. The molecule has 0 fully saturated rings. The number of imidazole rings is 1. The Balaban J connectivity index is 1.84. The van der Waals surface area contributed by atoms with Gasteiger partial charge in [-0.05, 0) is 37.3 Å². The van der Waals surface area contributed by atoms with Crippen LogP contribution in [-0.2, 0) is 11.3 Å². The number of amides is 1. The number of carbonyl (C=O) groups is 1. The standard InChI is InChI=1S/C16H16N4O/c1-11-18-14-9-12(17)7-8-15(14)20(11)10-16(21)19-13-5-3-2-4-6-13/h2-9H,10,17H2,1H3,(H,19,21). The summed E-state index contributed by atoms with van der Waals surface area (Å²) in [4.78, 5) is 16.6. The summed E-state index contributed by atoms with van der Waals surface area (Å²) in [6.45, 7) is 2.10. The lowest BCUT2D eigenvalue weighted by Crippen LogP contribution is -2.19. The van der Waals surface area contributed by atoms with E-state index in [4.69, 9.17) is 5.73 Å². The second-order valence-electron chi connectivity index (χ2n) is 4.91. The maximum Gasteiger partial charge on any atom is 0.244 e. The van der Waals surface area contributed by atoms with Crippen LogP contribution in [-0.4, -0.2) is 15.5 Å². The quantitative estimate of drug-likeness (QED) is 0.724. The van der Waals surface area contributed by atoms with E-state index in [1.54, 1.807) is 0 Å². The van der Waals surface area contributed by atoms with E-state index in [9.17, 15) is 4.79 Å². The van der Waals surface area contributed by atoms with E-state index in [1.807, 2.05) is 60.0 Å². The van der Waals surface area contributed by atoms with Crippen LogP contribution < -0.4 is 11.1 Å². The van der Waals surface area contributed by atoms with Crippen molar-refractivity contribution in [2.45, 2.75) is 13.5 Å². The van der Waals surface area contributed by atoms with Crippen molar-refractivity contribution in [3.63, 3.8) is 0 Å². The third-order valence-corrected chi connectivity index (χ3v) is 3.32. The maximum atomic E-state index is 12.2. The first kappa shape index (κ1) is 13.2. The Kier molecular flexibility index (Phi) is 3.31. The predicted octanol–water partition coefficient (Wildman–Crippen LogP) is 2.57. The third kappa shape index (κ3) is 2.72. The van der Waals surface area contributed by atoms with Crippen LogP contribution in [0.5, 0.6) is 0 Å². The smallest absolute Gasteiger partial charge is 0.244 e. The second-order valence-corrected chi connectivity index (χ2v) is 4.91. The zero-order valence-electron chi connectivity index (χ0n) is 11.7. The fourth-order valence-electron chi connectivity index (χ4n) is 2.33. The van der Waals surface area contributed by atoms with Crippen molar-refractivity contribution in [3.05, 3.63) is 54.4 Å². The number of fused-ring (bicyclic) bond motifs is 1. The molecule has 2 aromatic carbocycles. The Morgan fingerprint density at radius 2 is 2.00 bits per heavy atom.